The highest BCUT2D eigenvalue weighted by atomic mass is 79.9. The Morgan fingerprint density at radius 1 is 1.39 bits per heavy atom. The summed E-state index contributed by atoms with van der Waals surface area (Å²) in [6.45, 7) is 1.96. The molecule has 92 valence electrons. The number of nitrogens with one attached hydrogen (secondary N) is 1. The van der Waals surface area contributed by atoms with Crippen molar-refractivity contribution < 1.29 is 4.79 Å². The average molecular weight is 326 g/mol. The predicted molar refractivity (Wildman–Crippen MR) is 76.1 cm³/mol. The van der Waals surface area contributed by atoms with Crippen LogP contribution in [0.15, 0.2) is 41.1 Å². The monoisotopic (exact) mass is 324 g/mol. The van der Waals surface area contributed by atoms with Gasteiger partial charge in [-0.25, -0.2) is 0 Å². The Labute approximate surface area is 118 Å². The molecular formula is C13H10BrClN2O. The van der Waals surface area contributed by atoms with Gasteiger partial charge in [0, 0.05) is 10.7 Å². The van der Waals surface area contributed by atoms with Crippen LogP contribution in [0.1, 0.15) is 15.9 Å². The molecule has 1 aromatic heterocycles. The first-order valence-electron chi connectivity index (χ1n) is 5.25. The van der Waals surface area contributed by atoms with Crippen LogP contribution in [0.3, 0.4) is 0 Å². The van der Waals surface area contributed by atoms with Crippen LogP contribution in [0.25, 0.3) is 0 Å². The first kappa shape index (κ1) is 13.1. The normalized spacial score (nSPS) is 10.2. The van der Waals surface area contributed by atoms with Gasteiger partial charge in [0.25, 0.3) is 5.91 Å². The molecule has 0 aliphatic rings. The number of aryl methyl sites for hydroxylation is 1. The van der Waals surface area contributed by atoms with E-state index in [9.17, 15) is 4.79 Å². The summed E-state index contributed by atoms with van der Waals surface area (Å²) in [5.74, 6) is -0.225. The number of hydrogen-bond acceptors (Lipinski definition) is 2. The van der Waals surface area contributed by atoms with Crippen molar-refractivity contribution in [1.29, 1.82) is 0 Å². The van der Waals surface area contributed by atoms with Crippen molar-refractivity contribution in [2.24, 2.45) is 0 Å². The summed E-state index contributed by atoms with van der Waals surface area (Å²) in [4.78, 5) is 16.0. The van der Waals surface area contributed by atoms with E-state index in [1.165, 1.54) is 6.20 Å². The summed E-state index contributed by atoms with van der Waals surface area (Å²) >= 11 is 9.32. The summed E-state index contributed by atoms with van der Waals surface area (Å²) in [7, 11) is 0. The maximum atomic E-state index is 12.1. The molecular weight excluding hydrogens is 316 g/mol. The molecule has 0 saturated carbocycles. The number of amides is 1. The van der Waals surface area contributed by atoms with Gasteiger partial charge in [0.15, 0.2) is 0 Å². The first-order valence-corrected chi connectivity index (χ1v) is 6.42. The summed E-state index contributed by atoms with van der Waals surface area (Å²) in [6, 6.07) is 7.16. The van der Waals surface area contributed by atoms with E-state index in [4.69, 9.17) is 11.6 Å². The van der Waals surface area contributed by atoms with E-state index < -0.39 is 0 Å². The molecule has 5 heteroatoms. The van der Waals surface area contributed by atoms with Gasteiger partial charge in [0.1, 0.15) is 0 Å². The number of hydrogen-bond donors (Lipinski definition) is 1. The van der Waals surface area contributed by atoms with Crippen molar-refractivity contribution >= 4 is 39.1 Å². The molecule has 0 fully saturated rings. The molecule has 0 radical (unpaired) electrons. The number of halogens is 2. The van der Waals surface area contributed by atoms with Crippen molar-refractivity contribution in [3.8, 4) is 0 Å². The zero-order valence-electron chi connectivity index (χ0n) is 9.58. The van der Waals surface area contributed by atoms with Gasteiger partial charge in [-0.2, -0.15) is 0 Å². The zero-order valence-corrected chi connectivity index (χ0v) is 11.9. The van der Waals surface area contributed by atoms with Gasteiger partial charge in [0.2, 0.25) is 0 Å². The van der Waals surface area contributed by atoms with Crippen molar-refractivity contribution in [2.75, 3.05) is 5.32 Å². The van der Waals surface area contributed by atoms with Crippen molar-refractivity contribution in [1.82, 2.24) is 4.98 Å². The van der Waals surface area contributed by atoms with Crippen LogP contribution in [0.4, 0.5) is 5.69 Å². The zero-order chi connectivity index (χ0) is 13.1. The van der Waals surface area contributed by atoms with Crippen LogP contribution < -0.4 is 5.32 Å². The van der Waals surface area contributed by atoms with E-state index in [1.807, 2.05) is 19.1 Å². The largest absolute Gasteiger partial charge is 0.319 e. The second kappa shape index (κ2) is 5.50. The number of benzene rings is 1. The molecule has 1 heterocycles. The van der Waals surface area contributed by atoms with E-state index in [-0.39, 0.29) is 5.91 Å². The van der Waals surface area contributed by atoms with Gasteiger partial charge in [-0.05, 0) is 46.6 Å². The number of pyridine rings is 1. The van der Waals surface area contributed by atoms with E-state index >= 15 is 0 Å². The van der Waals surface area contributed by atoms with Crippen LogP contribution in [0, 0.1) is 6.92 Å². The third kappa shape index (κ3) is 2.89. The molecule has 0 saturated heterocycles. The molecule has 0 spiro atoms. The Morgan fingerprint density at radius 2 is 2.17 bits per heavy atom. The van der Waals surface area contributed by atoms with Gasteiger partial charge >= 0.3 is 0 Å². The molecule has 0 atom stereocenters. The average Bonchev–Trinajstić information content (AvgIpc) is 2.32. The third-order valence-electron chi connectivity index (χ3n) is 2.39. The Morgan fingerprint density at radius 3 is 2.83 bits per heavy atom. The van der Waals surface area contributed by atoms with Crippen molar-refractivity contribution in [3.05, 3.63) is 57.3 Å². The number of aromatic nitrogens is 1. The number of carbonyl (C=O) groups excluding carboxylic acids is 1. The SMILES string of the molecule is Cc1ccc(C(=O)Nc2cnccc2Cl)c(Br)c1. The number of anilines is 1. The summed E-state index contributed by atoms with van der Waals surface area (Å²) in [5.41, 5.74) is 2.13. The minimum atomic E-state index is -0.225. The number of carbonyl (C=O) groups is 1. The number of rotatable bonds is 2. The Bertz CT molecular complexity index is 601. The molecule has 2 aromatic rings. The van der Waals surface area contributed by atoms with E-state index in [2.05, 4.69) is 26.2 Å². The van der Waals surface area contributed by atoms with E-state index in [0.29, 0.717) is 16.3 Å². The maximum absolute atomic E-state index is 12.1. The van der Waals surface area contributed by atoms with Gasteiger partial charge < -0.3 is 5.32 Å². The molecule has 0 aliphatic heterocycles. The molecule has 0 bridgehead atoms. The van der Waals surface area contributed by atoms with Crippen LogP contribution in [-0.2, 0) is 0 Å². The minimum Gasteiger partial charge on any atom is -0.319 e. The van der Waals surface area contributed by atoms with Gasteiger partial charge in [-0.1, -0.05) is 17.7 Å². The summed E-state index contributed by atoms with van der Waals surface area (Å²) in [5, 5.41) is 3.18. The highest BCUT2D eigenvalue weighted by Crippen LogP contribution is 2.23. The number of nitrogens with zero attached hydrogens (tertiary/aromatic N) is 1. The molecule has 1 N–H and O–H groups in total. The Hall–Kier alpha value is -1.39. The lowest BCUT2D eigenvalue weighted by Crippen LogP contribution is -2.13. The highest BCUT2D eigenvalue weighted by molar-refractivity contribution is 9.10. The topological polar surface area (TPSA) is 42.0 Å². The lowest BCUT2D eigenvalue weighted by atomic mass is 10.1. The molecule has 3 nitrogen and oxygen atoms in total. The maximum Gasteiger partial charge on any atom is 0.256 e. The van der Waals surface area contributed by atoms with E-state index in [1.54, 1.807) is 18.3 Å². The standard InChI is InChI=1S/C13H10BrClN2O/c1-8-2-3-9(10(14)6-8)13(18)17-12-7-16-5-4-11(12)15/h2-7H,1H3,(H,17,18). The molecule has 1 amide bonds. The van der Waals surface area contributed by atoms with Crippen LogP contribution >= 0.6 is 27.5 Å². The lowest BCUT2D eigenvalue weighted by Gasteiger charge is -2.08. The Balaban J connectivity index is 2.25. The molecule has 0 unspecified atom stereocenters. The second-order valence-electron chi connectivity index (χ2n) is 3.79. The smallest absolute Gasteiger partial charge is 0.256 e. The van der Waals surface area contributed by atoms with Gasteiger partial charge in [0.05, 0.1) is 22.5 Å². The fourth-order valence-corrected chi connectivity index (χ4v) is 2.29. The first-order chi connectivity index (χ1) is 8.58. The molecule has 18 heavy (non-hydrogen) atoms. The third-order valence-corrected chi connectivity index (χ3v) is 3.37. The van der Waals surface area contributed by atoms with E-state index in [0.717, 1.165) is 10.0 Å². The Kier molecular flexibility index (Phi) is 3.99. The molecule has 0 aliphatic carbocycles. The summed E-state index contributed by atoms with van der Waals surface area (Å²) in [6.07, 6.45) is 3.09. The van der Waals surface area contributed by atoms with Crippen molar-refractivity contribution in [3.63, 3.8) is 0 Å². The van der Waals surface area contributed by atoms with Gasteiger partial charge in [-0.3, -0.25) is 9.78 Å². The fourth-order valence-electron chi connectivity index (χ4n) is 1.46. The predicted octanol–water partition coefficient (Wildman–Crippen LogP) is 4.06. The quantitative estimate of drug-likeness (QED) is 0.905. The van der Waals surface area contributed by atoms with Crippen LogP contribution in [0.2, 0.25) is 5.02 Å². The van der Waals surface area contributed by atoms with Crippen LogP contribution in [0.5, 0.6) is 0 Å². The minimum absolute atomic E-state index is 0.225. The second-order valence-corrected chi connectivity index (χ2v) is 5.05. The van der Waals surface area contributed by atoms with Gasteiger partial charge in [-0.15, -0.1) is 0 Å². The van der Waals surface area contributed by atoms with Crippen molar-refractivity contribution in [2.45, 2.75) is 6.92 Å². The fraction of sp³-hybridized carbons (Fsp3) is 0.0769. The highest BCUT2D eigenvalue weighted by Gasteiger charge is 2.11. The summed E-state index contributed by atoms with van der Waals surface area (Å²) < 4.78 is 0.750. The molecule has 2 rings (SSSR count). The van der Waals surface area contributed by atoms with Crippen LogP contribution in [-0.4, -0.2) is 10.9 Å². The molecule has 1 aromatic carbocycles. The lowest BCUT2D eigenvalue weighted by molar-refractivity contribution is 0.102.